The standard InChI is InChI=1S/C35H34F5N7O2S/c1-3-28(48)45-11-8-20(17-45)47(4-2)32-23-12-25(35(38,39)40)22(21-6-7-26(37)30-29(21)24(15-41)31(42)50-30)13-27(23)43-33(44-32)49-18-34-9-5-10-46(34)16-19(36)14-34/h3,6-7,12-13,19-20H,1,4-5,8-11,14,16-18,42H2,2H3. The number of fused-ring (bicyclic) bond motifs is 3. The summed E-state index contributed by atoms with van der Waals surface area (Å²) in [4.78, 5) is 27.3. The zero-order valence-corrected chi connectivity index (χ0v) is 28.0. The Balaban J connectivity index is 1.42. The first-order chi connectivity index (χ1) is 23.9. The Labute approximate surface area is 288 Å². The van der Waals surface area contributed by atoms with Crippen LogP contribution in [0.5, 0.6) is 6.01 Å². The number of alkyl halides is 4. The van der Waals surface area contributed by atoms with Crippen molar-refractivity contribution >= 4 is 49.1 Å². The molecule has 15 heteroatoms. The van der Waals surface area contributed by atoms with Gasteiger partial charge in [-0.05, 0) is 68.1 Å². The molecule has 2 aromatic heterocycles. The normalized spacial score (nSPS) is 22.3. The number of likely N-dealkylation sites (N-methyl/N-ethyl adjacent to an activating group) is 1. The van der Waals surface area contributed by atoms with Gasteiger partial charge < -0.3 is 20.3 Å². The summed E-state index contributed by atoms with van der Waals surface area (Å²) < 4.78 is 80.7. The van der Waals surface area contributed by atoms with Gasteiger partial charge in [-0.25, -0.2) is 8.78 Å². The van der Waals surface area contributed by atoms with Crippen molar-refractivity contribution in [2.45, 2.75) is 56.5 Å². The van der Waals surface area contributed by atoms with Crippen LogP contribution in [-0.2, 0) is 11.0 Å². The average Bonchev–Trinajstić information content (AvgIpc) is 3.85. The quantitative estimate of drug-likeness (QED) is 0.159. The van der Waals surface area contributed by atoms with Gasteiger partial charge in [0.25, 0.3) is 0 Å². The summed E-state index contributed by atoms with van der Waals surface area (Å²) in [6.45, 7) is 7.66. The van der Waals surface area contributed by atoms with E-state index in [0.717, 1.165) is 42.9 Å². The topological polar surface area (TPSA) is 112 Å². The second-order valence-electron chi connectivity index (χ2n) is 13.1. The second kappa shape index (κ2) is 12.6. The zero-order valence-electron chi connectivity index (χ0n) is 27.2. The van der Waals surface area contributed by atoms with Crippen molar-refractivity contribution in [3.05, 3.63) is 53.9 Å². The van der Waals surface area contributed by atoms with Gasteiger partial charge in [0, 0.05) is 49.4 Å². The van der Waals surface area contributed by atoms with Crippen molar-refractivity contribution in [1.29, 1.82) is 5.26 Å². The number of benzene rings is 2. The highest BCUT2D eigenvalue weighted by Crippen LogP contribution is 2.47. The number of hydrogen-bond acceptors (Lipinski definition) is 9. The van der Waals surface area contributed by atoms with E-state index >= 15 is 13.2 Å². The van der Waals surface area contributed by atoms with Gasteiger partial charge >= 0.3 is 12.2 Å². The van der Waals surface area contributed by atoms with E-state index in [1.807, 2.05) is 17.9 Å². The highest BCUT2D eigenvalue weighted by Gasteiger charge is 2.49. The summed E-state index contributed by atoms with van der Waals surface area (Å²) in [6, 6.07) is 6.07. The van der Waals surface area contributed by atoms with Crippen LogP contribution in [0.25, 0.3) is 32.1 Å². The number of nitrogens with two attached hydrogens (primary N) is 1. The number of nitrogen functional groups attached to an aromatic ring is 1. The Morgan fingerprint density at radius 3 is 2.78 bits per heavy atom. The molecule has 50 heavy (non-hydrogen) atoms. The number of nitrogens with zero attached hydrogens (tertiary/aromatic N) is 6. The molecule has 2 aromatic carbocycles. The molecule has 3 aliphatic rings. The smallest absolute Gasteiger partial charge is 0.417 e. The van der Waals surface area contributed by atoms with E-state index in [1.165, 1.54) is 18.2 Å². The number of carbonyl (C=O) groups excluding carboxylic acids is 1. The Morgan fingerprint density at radius 2 is 2.06 bits per heavy atom. The van der Waals surface area contributed by atoms with Gasteiger partial charge in [-0.1, -0.05) is 12.6 Å². The summed E-state index contributed by atoms with van der Waals surface area (Å²) in [5, 5.41) is 9.94. The number of thiophene rings is 1. The van der Waals surface area contributed by atoms with E-state index in [1.54, 1.807) is 4.90 Å². The van der Waals surface area contributed by atoms with Gasteiger partial charge in [-0.2, -0.15) is 28.4 Å². The van der Waals surface area contributed by atoms with Crippen LogP contribution in [0.1, 0.15) is 43.7 Å². The fourth-order valence-corrected chi connectivity index (χ4v) is 8.91. The summed E-state index contributed by atoms with van der Waals surface area (Å²) in [6.07, 6.45) is -2.18. The molecule has 0 bridgehead atoms. The molecule has 3 saturated heterocycles. The van der Waals surface area contributed by atoms with Crippen molar-refractivity contribution in [2.24, 2.45) is 0 Å². The maximum Gasteiger partial charge on any atom is 0.417 e. The van der Waals surface area contributed by atoms with Crippen LogP contribution in [0.2, 0.25) is 0 Å². The minimum Gasteiger partial charge on any atom is -0.461 e. The van der Waals surface area contributed by atoms with Crippen molar-refractivity contribution in [3.8, 4) is 23.2 Å². The lowest BCUT2D eigenvalue weighted by atomic mass is 9.93. The van der Waals surface area contributed by atoms with Gasteiger partial charge in [0.2, 0.25) is 5.91 Å². The Hall–Kier alpha value is -4.55. The molecule has 7 rings (SSSR count). The number of amides is 1. The van der Waals surface area contributed by atoms with Crippen molar-refractivity contribution in [2.75, 3.05) is 50.0 Å². The Kier molecular flexibility index (Phi) is 8.58. The number of carbonyl (C=O) groups is 1. The highest BCUT2D eigenvalue weighted by molar-refractivity contribution is 7.23. The minimum atomic E-state index is -4.88. The first-order valence-corrected chi connectivity index (χ1v) is 17.2. The summed E-state index contributed by atoms with van der Waals surface area (Å²) in [5.74, 6) is -0.762. The van der Waals surface area contributed by atoms with Crippen LogP contribution < -0.4 is 15.4 Å². The van der Waals surface area contributed by atoms with Gasteiger partial charge in [0.05, 0.1) is 26.9 Å². The summed E-state index contributed by atoms with van der Waals surface area (Å²) in [7, 11) is 0. The number of ether oxygens (including phenoxy) is 1. The lowest BCUT2D eigenvalue weighted by molar-refractivity contribution is -0.137. The number of likely N-dealkylation sites (tertiary alicyclic amines) is 1. The molecule has 9 nitrogen and oxygen atoms in total. The van der Waals surface area contributed by atoms with Crippen molar-refractivity contribution in [3.63, 3.8) is 0 Å². The van der Waals surface area contributed by atoms with Crippen LogP contribution in [0.3, 0.4) is 0 Å². The second-order valence-corrected chi connectivity index (χ2v) is 14.1. The molecule has 0 radical (unpaired) electrons. The Morgan fingerprint density at radius 1 is 1.26 bits per heavy atom. The fourth-order valence-electron chi connectivity index (χ4n) is 7.96. The molecule has 5 heterocycles. The summed E-state index contributed by atoms with van der Waals surface area (Å²) in [5.41, 5.74) is 4.13. The van der Waals surface area contributed by atoms with E-state index in [-0.39, 0.29) is 73.1 Å². The molecule has 1 amide bonds. The predicted molar refractivity (Wildman–Crippen MR) is 181 cm³/mol. The lowest BCUT2D eigenvalue weighted by Crippen LogP contribution is -2.43. The van der Waals surface area contributed by atoms with E-state index in [0.29, 0.717) is 39.0 Å². The van der Waals surface area contributed by atoms with E-state index < -0.39 is 29.3 Å². The van der Waals surface area contributed by atoms with Crippen LogP contribution in [0.4, 0.5) is 32.8 Å². The first-order valence-electron chi connectivity index (χ1n) is 16.4. The van der Waals surface area contributed by atoms with Gasteiger partial charge in [-0.15, -0.1) is 11.3 Å². The molecule has 0 spiro atoms. The molecule has 3 fully saturated rings. The van der Waals surface area contributed by atoms with E-state index in [4.69, 9.17) is 15.5 Å². The number of nitriles is 1. The molecule has 0 aliphatic carbocycles. The molecule has 4 aromatic rings. The number of aromatic nitrogens is 2. The number of rotatable bonds is 8. The Bertz CT molecular complexity index is 2060. The lowest BCUT2D eigenvalue weighted by Gasteiger charge is -2.32. The monoisotopic (exact) mass is 711 g/mol. The van der Waals surface area contributed by atoms with Gasteiger partial charge in [-0.3, -0.25) is 9.69 Å². The fraction of sp³-hybridized carbons (Fsp3) is 0.429. The maximum absolute atomic E-state index is 15.0. The first kappa shape index (κ1) is 33.9. The molecule has 2 N–H and O–H groups in total. The van der Waals surface area contributed by atoms with E-state index in [2.05, 4.69) is 16.5 Å². The molecular weight excluding hydrogens is 677 g/mol. The summed E-state index contributed by atoms with van der Waals surface area (Å²) >= 11 is 0.793. The molecule has 262 valence electrons. The van der Waals surface area contributed by atoms with Gasteiger partial charge in [0.15, 0.2) is 0 Å². The molecule has 3 atom stereocenters. The third-order valence-corrected chi connectivity index (χ3v) is 11.3. The van der Waals surface area contributed by atoms with Crippen molar-refractivity contribution < 1.29 is 31.5 Å². The predicted octanol–water partition coefficient (Wildman–Crippen LogP) is 6.69. The third-order valence-electron chi connectivity index (χ3n) is 10.3. The number of anilines is 2. The zero-order chi connectivity index (χ0) is 35.5. The minimum absolute atomic E-state index is 0.00890. The molecule has 0 saturated carbocycles. The third kappa shape index (κ3) is 5.68. The number of hydrogen-bond donors (Lipinski definition) is 1. The van der Waals surface area contributed by atoms with Crippen LogP contribution in [-0.4, -0.2) is 82.8 Å². The van der Waals surface area contributed by atoms with Crippen LogP contribution in [0.15, 0.2) is 36.9 Å². The largest absolute Gasteiger partial charge is 0.461 e. The maximum atomic E-state index is 15.0. The molecule has 3 aliphatic heterocycles. The number of halogens is 5. The van der Waals surface area contributed by atoms with Crippen LogP contribution in [0, 0.1) is 17.1 Å². The molecule has 3 unspecified atom stereocenters. The van der Waals surface area contributed by atoms with Crippen LogP contribution >= 0.6 is 11.3 Å². The van der Waals surface area contributed by atoms with Crippen molar-refractivity contribution in [1.82, 2.24) is 19.8 Å². The SMILES string of the molecule is C=CC(=O)N1CCC(N(CC)c2nc(OCC34CCCN3CC(F)C4)nc3cc(-c4ccc(F)c5sc(N)c(C#N)c45)c(C(F)(F)F)cc23)C1. The van der Waals surface area contributed by atoms with Gasteiger partial charge in [0.1, 0.15) is 35.5 Å². The average molecular weight is 712 g/mol. The molecular formula is C35H34F5N7O2S. The van der Waals surface area contributed by atoms with E-state index in [9.17, 15) is 18.8 Å². The highest BCUT2D eigenvalue weighted by atomic mass is 32.1.